The average Bonchev–Trinajstić information content (AvgIpc) is 3.18. The number of halogens is 1. The van der Waals surface area contributed by atoms with Crippen LogP contribution in [0.4, 0.5) is 5.69 Å². The molecule has 0 aliphatic rings. The van der Waals surface area contributed by atoms with E-state index in [1.54, 1.807) is 40.9 Å². The molecule has 4 aromatic rings. The molecule has 168 valence electrons. The van der Waals surface area contributed by atoms with Crippen LogP contribution in [0.2, 0.25) is 5.02 Å². The highest BCUT2D eigenvalue weighted by Crippen LogP contribution is 2.29. The third-order valence-electron chi connectivity index (χ3n) is 4.53. The van der Waals surface area contributed by atoms with Gasteiger partial charge in [-0.25, -0.2) is 9.50 Å². The maximum absolute atomic E-state index is 12.1. The molecule has 0 unspecified atom stereocenters. The molecule has 0 spiro atoms. The van der Waals surface area contributed by atoms with Crippen molar-refractivity contribution < 1.29 is 19.1 Å². The van der Waals surface area contributed by atoms with Gasteiger partial charge in [0.1, 0.15) is 17.9 Å². The molecule has 2 heterocycles. The quantitative estimate of drug-likeness (QED) is 0.412. The minimum Gasteiger partial charge on any atom is -0.456 e. The Morgan fingerprint density at radius 2 is 1.82 bits per heavy atom. The zero-order valence-corrected chi connectivity index (χ0v) is 18.7. The highest BCUT2D eigenvalue weighted by Gasteiger charge is 2.14. The number of hydrogen-bond acceptors (Lipinski definition) is 7. The first-order valence-electron chi connectivity index (χ1n) is 10.1. The molecule has 2 aromatic heterocycles. The molecule has 0 atom stereocenters. The minimum atomic E-state index is -0.612. The van der Waals surface area contributed by atoms with E-state index in [0.29, 0.717) is 28.0 Å². The lowest BCUT2D eigenvalue weighted by Gasteiger charge is -2.09. The highest BCUT2D eigenvalue weighted by atomic mass is 35.5. The number of nitrogens with one attached hydrogen (secondary N) is 1. The third-order valence-corrected chi connectivity index (χ3v) is 4.84. The molecule has 0 fully saturated rings. The van der Waals surface area contributed by atoms with Crippen LogP contribution in [0.3, 0.4) is 0 Å². The van der Waals surface area contributed by atoms with E-state index in [4.69, 9.17) is 21.1 Å². The number of benzene rings is 2. The van der Waals surface area contributed by atoms with E-state index in [1.807, 2.05) is 32.0 Å². The van der Waals surface area contributed by atoms with Crippen LogP contribution in [-0.2, 0) is 20.7 Å². The molecule has 0 aliphatic heterocycles. The van der Waals surface area contributed by atoms with Crippen molar-refractivity contribution in [3.8, 4) is 11.5 Å². The van der Waals surface area contributed by atoms with E-state index in [0.717, 1.165) is 11.4 Å². The molecule has 4 rings (SSSR count). The lowest BCUT2D eigenvalue weighted by molar-refractivity contribution is -0.146. The van der Waals surface area contributed by atoms with Gasteiger partial charge in [-0.05, 0) is 56.3 Å². The summed E-state index contributed by atoms with van der Waals surface area (Å²) in [7, 11) is 0. The number of aryl methyl sites for hydroxylation is 2. The van der Waals surface area contributed by atoms with Gasteiger partial charge < -0.3 is 14.8 Å². The van der Waals surface area contributed by atoms with Crippen LogP contribution in [0, 0.1) is 13.8 Å². The number of carbonyl (C=O) groups is 2. The number of para-hydroxylation sites is 1. The molecule has 0 saturated carbocycles. The summed E-state index contributed by atoms with van der Waals surface area (Å²) < 4.78 is 12.3. The fourth-order valence-electron chi connectivity index (χ4n) is 3.07. The van der Waals surface area contributed by atoms with Gasteiger partial charge in [-0.15, -0.1) is 5.10 Å². The van der Waals surface area contributed by atoms with Crippen LogP contribution in [0.25, 0.3) is 5.78 Å². The van der Waals surface area contributed by atoms with Crippen LogP contribution >= 0.6 is 11.6 Å². The number of esters is 1. The Kier molecular flexibility index (Phi) is 6.50. The Morgan fingerprint density at radius 3 is 2.58 bits per heavy atom. The number of amides is 1. The van der Waals surface area contributed by atoms with E-state index in [-0.39, 0.29) is 12.2 Å². The van der Waals surface area contributed by atoms with Crippen molar-refractivity contribution in [3.63, 3.8) is 0 Å². The van der Waals surface area contributed by atoms with Crippen LogP contribution in [-0.4, -0.2) is 38.1 Å². The molecule has 0 radical (unpaired) electrons. The van der Waals surface area contributed by atoms with E-state index < -0.39 is 18.5 Å². The smallest absolute Gasteiger partial charge is 0.314 e. The van der Waals surface area contributed by atoms with E-state index in [9.17, 15) is 9.59 Å². The van der Waals surface area contributed by atoms with Gasteiger partial charge in [-0.3, -0.25) is 9.59 Å². The molecule has 0 saturated heterocycles. The first-order valence-corrected chi connectivity index (χ1v) is 10.4. The van der Waals surface area contributed by atoms with Gasteiger partial charge in [-0.2, -0.15) is 4.98 Å². The fraction of sp³-hybridized carbons (Fsp3) is 0.174. The van der Waals surface area contributed by atoms with Crippen molar-refractivity contribution in [3.05, 3.63) is 76.8 Å². The van der Waals surface area contributed by atoms with Crippen LogP contribution < -0.4 is 10.1 Å². The number of carbonyl (C=O) groups excluding carboxylic acids is 2. The van der Waals surface area contributed by atoms with Gasteiger partial charge in [0.15, 0.2) is 12.4 Å². The van der Waals surface area contributed by atoms with E-state index in [2.05, 4.69) is 20.4 Å². The average molecular weight is 466 g/mol. The summed E-state index contributed by atoms with van der Waals surface area (Å²) >= 11 is 6.08. The van der Waals surface area contributed by atoms with E-state index >= 15 is 0 Å². The van der Waals surface area contributed by atoms with Gasteiger partial charge in [-0.1, -0.05) is 23.7 Å². The normalized spacial score (nSPS) is 10.8. The zero-order chi connectivity index (χ0) is 23.4. The number of hydrogen-bond donors (Lipinski definition) is 1. The summed E-state index contributed by atoms with van der Waals surface area (Å²) in [4.78, 5) is 32.7. The Morgan fingerprint density at radius 1 is 1.06 bits per heavy atom. The Balaban J connectivity index is 1.27. The molecular formula is C23H20ClN5O4. The second kappa shape index (κ2) is 9.66. The second-order valence-electron chi connectivity index (χ2n) is 7.22. The predicted molar refractivity (Wildman–Crippen MR) is 122 cm³/mol. The molecule has 0 aliphatic carbocycles. The number of rotatable bonds is 7. The summed E-state index contributed by atoms with van der Waals surface area (Å²) in [5.74, 6) is 0.695. The maximum atomic E-state index is 12.1. The summed E-state index contributed by atoms with van der Waals surface area (Å²) in [6, 6.07) is 15.7. The summed E-state index contributed by atoms with van der Waals surface area (Å²) in [5, 5.41) is 7.41. The first kappa shape index (κ1) is 22.2. The lowest BCUT2D eigenvalue weighted by Crippen LogP contribution is -2.21. The van der Waals surface area contributed by atoms with E-state index in [1.165, 1.54) is 0 Å². The Bertz CT molecular complexity index is 1320. The second-order valence-corrected chi connectivity index (χ2v) is 7.63. The van der Waals surface area contributed by atoms with Gasteiger partial charge >= 0.3 is 5.97 Å². The van der Waals surface area contributed by atoms with Crippen molar-refractivity contribution in [2.45, 2.75) is 20.3 Å². The number of anilines is 1. The molecule has 9 nitrogen and oxygen atoms in total. The van der Waals surface area contributed by atoms with Crippen molar-refractivity contribution in [2.24, 2.45) is 0 Å². The molecule has 2 aromatic carbocycles. The monoisotopic (exact) mass is 465 g/mol. The van der Waals surface area contributed by atoms with Gasteiger partial charge in [0.2, 0.25) is 0 Å². The van der Waals surface area contributed by atoms with Crippen molar-refractivity contribution in [2.75, 3.05) is 11.9 Å². The zero-order valence-electron chi connectivity index (χ0n) is 17.9. The standard InChI is InChI=1S/C23H20ClN5O4/c1-14-11-15(2)29-23(25-14)27-20(28-29)12-22(31)32-13-21(30)26-16-7-9-17(10-8-16)33-19-6-4-3-5-18(19)24/h3-11H,12-13H2,1-2H3,(H,26,30). The number of ether oxygens (including phenoxy) is 2. The van der Waals surface area contributed by atoms with Gasteiger partial charge in [0.05, 0.1) is 5.02 Å². The molecule has 1 amide bonds. The van der Waals surface area contributed by atoms with Crippen molar-refractivity contribution >= 4 is 34.9 Å². The topological polar surface area (TPSA) is 108 Å². The third kappa shape index (κ3) is 5.64. The van der Waals surface area contributed by atoms with Crippen LogP contribution in [0.5, 0.6) is 11.5 Å². The van der Waals surface area contributed by atoms with Crippen molar-refractivity contribution in [1.29, 1.82) is 0 Å². The highest BCUT2D eigenvalue weighted by molar-refractivity contribution is 6.32. The van der Waals surface area contributed by atoms with Gasteiger partial charge in [0.25, 0.3) is 11.7 Å². The SMILES string of the molecule is Cc1cc(C)n2nc(CC(=O)OCC(=O)Nc3ccc(Oc4ccccc4Cl)cc3)nc2n1. The maximum Gasteiger partial charge on any atom is 0.314 e. The first-order chi connectivity index (χ1) is 15.9. The van der Waals surface area contributed by atoms with Crippen molar-refractivity contribution in [1.82, 2.24) is 19.6 Å². The Hall–Kier alpha value is -3.98. The molecule has 33 heavy (non-hydrogen) atoms. The van der Waals surface area contributed by atoms with Crippen LogP contribution in [0.15, 0.2) is 54.6 Å². The summed E-state index contributed by atoms with van der Waals surface area (Å²) in [5.41, 5.74) is 2.19. The number of nitrogens with zero attached hydrogens (tertiary/aromatic N) is 4. The number of aromatic nitrogens is 4. The van der Waals surface area contributed by atoms with Crippen LogP contribution in [0.1, 0.15) is 17.2 Å². The molecule has 1 N–H and O–H groups in total. The van der Waals surface area contributed by atoms with Gasteiger partial charge in [0, 0.05) is 17.1 Å². The predicted octanol–water partition coefficient (Wildman–Crippen LogP) is 3.91. The molecule has 10 heteroatoms. The summed E-state index contributed by atoms with van der Waals surface area (Å²) in [6.07, 6.45) is -0.163. The molecular weight excluding hydrogens is 446 g/mol. The Labute approximate surface area is 194 Å². The summed E-state index contributed by atoms with van der Waals surface area (Å²) in [6.45, 7) is 3.30. The lowest BCUT2D eigenvalue weighted by atomic mass is 10.3. The largest absolute Gasteiger partial charge is 0.456 e. The number of fused-ring (bicyclic) bond motifs is 1. The molecule has 0 bridgehead atoms. The minimum absolute atomic E-state index is 0.163. The fourth-order valence-corrected chi connectivity index (χ4v) is 3.24.